The molecule has 1 aromatic carbocycles. The van der Waals surface area contributed by atoms with Gasteiger partial charge in [-0.05, 0) is 17.7 Å². The van der Waals surface area contributed by atoms with Gasteiger partial charge in [-0.25, -0.2) is 4.72 Å². The minimum atomic E-state index is -4.76. The zero-order valence-electron chi connectivity index (χ0n) is 9.64. The van der Waals surface area contributed by atoms with Gasteiger partial charge in [0.25, 0.3) is 10.2 Å². The van der Waals surface area contributed by atoms with Crippen LogP contribution in [-0.4, -0.2) is 32.2 Å². The Bertz CT molecular complexity index is 559. The lowest BCUT2D eigenvalue weighted by molar-refractivity contribution is -0.274. The molecule has 0 aliphatic carbocycles. The van der Waals surface area contributed by atoms with Crippen LogP contribution in [-0.2, 0) is 16.8 Å². The van der Waals surface area contributed by atoms with Crippen LogP contribution in [0.2, 0.25) is 0 Å². The SMILES string of the molecule is O=S1(=O)NCCN1Cc1cccc(OC(F)(F)F)c1. The van der Waals surface area contributed by atoms with E-state index >= 15 is 0 Å². The van der Waals surface area contributed by atoms with Gasteiger partial charge in [-0.1, -0.05) is 12.1 Å². The fraction of sp³-hybridized carbons (Fsp3) is 0.400. The highest BCUT2D eigenvalue weighted by atomic mass is 32.2. The smallest absolute Gasteiger partial charge is 0.406 e. The summed E-state index contributed by atoms with van der Waals surface area (Å²) >= 11 is 0. The molecule has 2 rings (SSSR count). The highest BCUT2D eigenvalue weighted by molar-refractivity contribution is 7.87. The molecule has 0 saturated carbocycles. The lowest BCUT2D eigenvalue weighted by Crippen LogP contribution is -2.29. The summed E-state index contributed by atoms with van der Waals surface area (Å²) in [5.74, 6) is -0.366. The molecule has 0 unspecified atom stereocenters. The molecule has 1 aromatic rings. The number of hydrogen-bond acceptors (Lipinski definition) is 3. The first-order chi connectivity index (χ1) is 8.76. The fourth-order valence-electron chi connectivity index (χ4n) is 1.72. The summed E-state index contributed by atoms with van der Waals surface area (Å²) in [6.07, 6.45) is -4.76. The Balaban J connectivity index is 2.11. The Labute approximate surface area is 108 Å². The Hall–Kier alpha value is -1.32. The van der Waals surface area contributed by atoms with Gasteiger partial charge in [-0.2, -0.15) is 12.7 Å². The molecule has 1 fully saturated rings. The van der Waals surface area contributed by atoms with E-state index in [9.17, 15) is 21.6 Å². The molecule has 19 heavy (non-hydrogen) atoms. The molecule has 9 heteroatoms. The molecule has 1 aliphatic rings. The van der Waals surface area contributed by atoms with Crippen LogP contribution in [0.3, 0.4) is 0 Å². The number of benzene rings is 1. The summed E-state index contributed by atoms with van der Waals surface area (Å²) in [4.78, 5) is 0. The van der Waals surface area contributed by atoms with E-state index in [1.54, 1.807) is 0 Å². The Morgan fingerprint density at radius 2 is 2.11 bits per heavy atom. The summed E-state index contributed by atoms with van der Waals surface area (Å²) in [5.41, 5.74) is 0.425. The van der Waals surface area contributed by atoms with Gasteiger partial charge >= 0.3 is 6.36 Å². The molecule has 5 nitrogen and oxygen atoms in total. The van der Waals surface area contributed by atoms with Gasteiger partial charge < -0.3 is 4.74 Å². The molecular weight excluding hydrogens is 285 g/mol. The van der Waals surface area contributed by atoms with Crippen LogP contribution in [0.1, 0.15) is 5.56 Å². The highest BCUT2D eigenvalue weighted by Gasteiger charge is 2.31. The van der Waals surface area contributed by atoms with Gasteiger partial charge in [0, 0.05) is 19.6 Å². The second-order valence-corrected chi connectivity index (χ2v) is 5.68. The molecule has 0 bridgehead atoms. The van der Waals surface area contributed by atoms with Crippen molar-refractivity contribution >= 4 is 10.2 Å². The molecule has 1 aliphatic heterocycles. The van der Waals surface area contributed by atoms with Gasteiger partial charge in [-0.3, -0.25) is 0 Å². The van der Waals surface area contributed by atoms with Crippen molar-refractivity contribution in [2.75, 3.05) is 13.1 Å². The van der Waals surface area contributed by atoms with Gasteiger partial charge in [0.1, 0.15) is 5.75 Å². The predicted octanol–water partition coefficient (Wildman–Crippen LogP) is 1.24. The molecule has 0 radical (unpaired) electrons. The average Bonchev–Trinajstić information content (AvgIpc) is 2.56. The van der Waals surface area contributed by atoms with Crippen molar-refractivity contribution in [1.82, 2.24) is 9.03 Å². The van der Waals surface area contributed by atoms with Crippen LogP contribution in [0, 0.1) is 0 Å². The lowest BCUT2D eigenvalue weighted by atomic mass is 10.2. The summed E-state index contributed by atoms with van der Waals surface area (Å²) in [5, 5.41) is 0. The molecule has 1 N–H and O–H groups in total. The second-order valence-electron chi connectivity index (χ2n) is 3.93. The minimum absolute atomic E-state index is 0.00436. The largest absolute Gasteiger partial charge is 0.573 e. The molecule has 0 spiro atoms. The van der Waals surface area contributed by atoms with E-state index < -0.39 is 16.6 Å². The van der Waals surface area contributed by atoms with Crippen molar-refractivity contribution in [3.8, 4) is 5.75 Å². The van der Waals surface area contributed by atoms with E-state index in [2.05, 4.69) is 9.46 Å². The van der Waals surface area contributed by atoms with E-state index in [0.717, 1.165) is 10.4 Å². The van der Waals surface area contributed by atoms with Crippen LogP contribution >= 0.6 is 0 Å². The summed E-state index contributed by atoms with van der Waals surface area (Å²) in [7, 11) is -3.51. The quantitative estimate of drug-likeness (QED) is 0.913. The molecule has 1 heterocycles. The standard InChI is InChI=1S/C10H11F3N2O3S/c11-10(12,13)18-9-3-1-2-8(6-9)7-15-5-4-14-19(15,16)17/h1-3,6,14H,4-5,7H2. The predicted molar refractivity (Wildman–Crippen MR) is 60.5 cm³/mol. The van der Waals surface area contributed by atoms with Gasteiger partial charge in [0.2, 0.25) is 0 Å². The van der Waals surface area contributed by atoms with Crippen LogP contribution < -0.4 is 9.46 Å². The Morgan fingerprint density at radius 3 is 2.68 bits per heavy atom. The second kappa shape index (κ2) is 4.99. The summed E-state index contributed by atoms with van der Waals surface area (Å²) in [6, 6.07) is 5.25. The third-order valence-electron chi connectivity index (χ3n) is 2.48. The molecule has 0 aromatic heterocycles. The summed E-state index contributed by atoms with van der Waals surface area (Å²) < 4.78 is 66.4. The van der Waals surface area contributed by atoms with Crippen molar-refractivity contribution in [1.29, 1.82) is 0 Å². The van der Waals surface area contributed by atoms with Gasteiger partial charge in [-0.15, -0.1) is 13.2 Å². The number of halogens is 3. The maximum Gasteiger partial charge on any atom is 0.573 e. The highest BCUT2D eigenvalue weighted by Crippen LogP contribution is 2.24. The summed E-state index contributed by atoms with van der Waals surface area (Å²) in [6.45, 7) is 0.582. The van der Waals surface area contributed by atoms with Crippen molar-refractivity contribution in [3.63, 3.8) is 0 Å². The van der Waals surface area contributed by atoms with E-state index in [0.29, 0.717) is 12.1 Å². The first-order valence-corrected chi connectivity index (χ1v) is 6.80. The number of nitrogens with one attached hydrogen (secondary N) is 1. The maximum atomic E-state index is 12.1. The monoisotopic (exact) mass is 296 g/mol. The topological polar surface area (TPSA) is 58.6 Å². The Kier molecular flexibility index (Phi) is 3.70. The third-order valence-corrected chi connectivity index (χ3v) is 4.04. The van der Waals surface area contributed by atoms with Crippen LogP contribution in [0.4, 0.5) is 13.2 Å². The van der Waals surface area contributed by atoms with E-state index in [4.69, 9.17) is 0 Å². The number of rotatable bonds is 3. The molecular formula is C10H11F3N2O3S. The van der Waals surface area contributed by atoms with Gasteiger partial charge in [0.15, 0.2) is 0 Å². The zero-order valence-corrected chi connectivity index (χ0v) is 10.5. The van der Waals surface area contributed by atoms with E-state index in [1.807, 2.05) is 0 Å². The van der Waals surface area contributed by atoms with E-state index in [-0.39, 0.29) is 18.8 Å². The fourth-order valence-corrected chi connectivity index (χ4v) is 2.90. The minimum Gasteiger partial charge on any atom is -0.406 e. The maximum absolute atomic E-state index is 12.1. The first kappa shape index (κ1) is 14.1. The molecule has 0 atom stereocenters. The number of alkyl halides is 3. The average molecular weight is 296 g/mol. The zero-order chi connectivity index (χ0) is 14.1. The van der Waals surface area contributed by atoms with Crippen molar-refractivity contribution in [3.05, 3.63) is 29.8 Å². The van der Waals surface area contributed by atoms with Crippen molar-refractivity contribution < 1.29 is 26.3 Å². The number of hydrogen-bond donors (Lipinski definition) is 1. The van der Waals surface area contributed by atoms with E-state index in [1.165, 1.54) is 18.2 Å². The van der Waals surface area contributed by atoms with Gasteiger partial charge in [0.05, 0.1) is 0 Å². The number of ether oxygens (including phenoxy) is 1. The normalized spacial score (nSPS) is 19.5. The molecule has 1 saturated heterocycles. The first-order valence-electron chi connectivity index (χ1n) is 5.36. The van der Waals surface area contributed by atoms with Crippen LogP contribution in [0.25, 0.3) is 0 Å². The molecule has 0 amide bonds. The van der Waals surface area contributed by atoms with Crippen molar-refractivity contribution in [2.45, 2.75) is 12.9 Å². The Morgan fingerprint density at radius 1 is 1.37 bits per heavy atom. The lowest BCUT2D eigenvalue weighted by Gasteiger charge is -2.14. The van der Waals surface area contributed by atoms with Crippen LogP contribution in [0.15, 0.2) is 24.3 Å². The van der Waals surface area contributed by atoms with Crippen molar-refractivity contribution in [2.24, 2.45) is 0 Å². The third kappa shape index (κ3) is 3.82. The van der Waals surface area contributed by atoms with Crippen LogP contribution in [0.5, 0.6) is 5.75 Å². The number of nitrogens with zero attached hydrogens (tertiary/aromatic N) is 1. The molecule has 106 valence electrons.